The van der Waals surface area contributed by atoms with Crippen LogP contribution in [0.3, 0.4) is 0 Å². The van der Waals surface area contributed by atoms with Crippen molar-refractivity contribution in [3.8, 4) is 0 Å². The number of aromatic nitrogens is 1. The van der Waals surface area contributed by atoms with E-state index in [1.165, 1.54) is 12.1 Å². The number of nitrogens with one attached hydrogen (secondary N) is 1. The summed E-state index contributed by atoms with van der Waals surface area (Å²) in [6.45, 7) is 1.93. The second-order valence-electron chi connectivity index (χ2n) is 3.57. The first-order valence-corrected chi connectivity index (χ1v) is 6.24. The summed E-state index contributed by atoms with van der Waals surface area (Å²) in [6.07, 6.45) is 2.94. The van der Waals surface area contributed by atoms with Crippen LogP contribution in [0.4, 0.5) is 4.39 Å². The van der Waals surface area contributed by atoms with E-state index < -0.39 is 5.82 Å². The fraction of sp³-hybridized carbons (Fsp3) is 0.455. The maximum atomic E-state index is 12.6. The van der Waals surface area contributed by atoms with E-state index >= 15 is 0 Å². The highest BCUT2D eigenvalue weighted by Crippen LogP contribution is 2.02. The van der Waals surface area contributed by atoms with Gasteiger partial charge in [0.1, 0.15) is 11.5 Å². The van der Waals surface area contributed by atoms with Gasteiger partial charge >= 0.3 is 0 Å². The SMILES string of the molecule is CC(CCCBr)NC(=O)c1ccc(F)cn1. The molecule has 1 unspecified atom stereocenters. The number of amides is 1. The third kappa shape index (κ3) is 4.26. The summed E-state index contributed by atoms with van der Waals surface area (Å²) in [5.41, 5.74) is 0.243. The van der Waals surface area contributed by atoms with E-state index in [4.69, 9.17) is 0 Å². The van der Waals surface area contributed by atoms with Gasteiger partial charge < -0.3 is 5.32 Å². The zero-order valence-corrected chi connectivity index (χ0v) is 10.6. The number of hydrogen-bond donors (Lipinski definition) is 1. The Hall–Kier alpha value is -0.970. The lowest BCUT2D eigenvalue weighted by Gasteiger charge is -2.12. The maximum Gasteiger partial charge on any atom is 0.270 e. The number of hydrogen-bond acceptors (Lipinski definition) is 2. The quantitative estimate of drug-likeness (QED) is 0.846. The van der Waals surface area contributed by atoms with Gasteiger partial charge in [0, 0.05) is 11.4 Å². The molecule has 1 amide bonds. The van der Waals surface area contributed by atoms with Crippen molar-refractivity contribution in [1.29, 1.82) is 0 Å². The molecular weight excluding hydrogens is 275 g/mol. The number of carbonyl (C=O) groups is 1. The van der Waals surface area contributed by atoms with Crippen molar-refractivity contribution in [1.82, 2.24) is 10.3 Å². The van der Waals surface area contributed by atoms with Crippen LogP contribution >= 0.6 is 15.9 Å². The van der Waals surface area contributed by atoms with Crippen molar-refractivity contribution < 1.29 is 9.18 Å². The zero-order valence-electron chi connectivity index (χ0n) is 9.04. The van der Waals surface area contributed by atoms with Crippen molar-refractivity contribution >= 4 is 21.8 Å². The van der Waals surface area contributed by atoms with Crippen molar-refractivity contribution in [2.24, 2.45) is 0 Å². The maximum absolute atomic E-state index is 12.6. The minimum atomic E-state index is -0.441. The first kappa shape index (κ1) is 13.1. The van der Waals surface area contributed by atoms with Crippen LogP contribution < -0.4 is 5.32 Å². The van der Waals surface area contributed by atoms with Gasteiger partial charge in [-0.1, -0.05) is 15.9 Å². The van der Waals surface area contributed by atoms with Crippen LogP contribution in [0.1, 0.15) is 30.3 Å². The van der Waals surface area contributed by atoms with Crippen LogP contribution in [0.15, 0.2) is 18.3 Å². The van der Waals surface area contributed by atoms with E-state index in [9.17, 15) is 9.18 Å². The van der Waals surface area contributed by atoms with Gasteiger partial charge in [0.05, 0.1) is 6.20 Å². The molecule has 16 heavy (non-hydrogen) atoms. The highest BCUT2D eigenvalue weighted by atomic mass is 79.9. The zero-order chi connectivity index (χ0) is 12.0. The molecule has 1 N–H and O–H groups in total. The van der Waals surface area contributed by atoms with Crippen molar-refractivity contribution in [3.63, 3.8) is 0 Å². The molecule has 0 aliphatic rings. The predicted octanol–water partition coefficient (Wildman–Crippen LogP) is 2.51. The molecule has 0 aliphatic carbocycles. The molecule has 3 nitrogen and oxygen atoms in total. The predicted molar refractivity (Wildman–Crippen MR) is 64.2 cm³/mol. The molecule has 5 heteroatoms. The highest BCUT2D eigenvalue weighted by molar-refractivity contribution is 9.09. The van der Waals surface area contributed by atoms with Gasteiger partial charge in [-0.05, 0) is 31.9 Å². The molecule has 0 aromatic carbocycles. The normalized spacial score (nSPS) is 12.2. The van der Waals surface area contributed by atoms with Crippen LogP contribution in [0.2, 0.25) is 0 Å². The Morgan fingerprint density at radius 1 is 1.62 bits per heavy atom. The third-order valence-electron chi connectivity index (χ3n) is 2.11. The first-order chi connectivity index (χ1) is 7.63. The largest absolute Gasteiger partial charge is 0.348 e. The van der Waals surface area contributed by atoms with E-state index in [0.717, 1.165) is 24.4 Å². The van der Waals surface area contributed by atoms with Gasteiger partial charge in [0.2, 0.25) is 0 Å². The van der Waals surface area contributed by atoms with Crippen LogP contribution in [0.5, 0.6) is 0 Å². The molecule has 0 spiro atoms. The molecule has 1 rings (SSSR count). The standard InChI is InChI=1S/C11H14BrFN2O/c1-8(3-2-6-12)15-11(16)10-5-4-9(13)7-14-10/h4-5,7-8H,2-3,6H2,1H3,(H,15,16). The van der Waals surface area contributed by atoms with Crippen LogP contribution in [-0.2, 0) is 0 Å². The molecule has 1 atom stereocenters. The van der Waals surface area contributed by atoms with Crippen LogP contribution in [-0.4, -0.2) is 22.3 Å². The van der Waals surface area contributed by atoms with Crippen molar-refractivity contribution in [2.45, 2.75) is 25.8 Å². The lowest BCUT2D eigenvalue weighted by Crippen LogP contribution is -2.33. The third-order valence-corrected chi connectivity index (χ3v) is 2.67. The molecule has 1 aromatic heterocycles. The fourth-order valence-corrected chi connectivity index (χ4v) is 1.59. The molecule has 0 saturated carbocycles. The van der Waals surface area contributed by atoms with Gasteiger partial charge in [-0.25, -0.2) is 9.37 Å². The monoisotopic (exact) mass is 288 g/mol. The Labute approximate surface area is 103 Å². The van der Waals surface area contributed by atoms with Gasteiger partial charge in [0.15, 0.2) is 0 Å². The summed E-state index contributed by atoms with van der Waals surface area (Å²) in [5, 5.41) is 3.72. The summed E-state index contributed by atoms with van der Waals surface area (Å²) in [6, 6.07) is 2.70. The smallest absolute Gasteiger partial charge is 0.270 e. The lowest BCUT2D eigenvalue weighted by atomic mass is 10.2. The Balaban J connectivity index is 2.48. The van der Waals surface area contributed by atoms with Crippen LogP contribution in [0.25, 0.3) is 0 Å². The molecule has 1 heterocycles. The highest BCUT2D eigenvalue weighted by Gasteiger charge is 2.10. The number of carbonyl (C=O) groups excluding carboxylic acids is 1. The molecule has 0 fully saturated rings. The lowest BCUT2D eigenvalue weighted by molar-refractivity contribution is 0.0933. The Morgan fingerprint density at radius 2 is 2.38 bits per heavy atom. The van der Waals surface area contributed by atoms with Crippen molar-refractivity contribution in [3.05, 3.63) is 29.8 Å². The Morgan fingerprint density at radius 3 is 2.94 bits per heavy atom. The number of alkyl halides is 1. The first-order valence-electron chi connectivity index (χ1n) is 5.12. The topological polar surface area (TPSA) is 42.0 Å². The molecule has 88 valence electrons. The van der Waals surface area contributed by atoms with E-state index in [1.807, 2.05) is 6.92 Å². The Bertz CT molecular complexity index is 342. The van der Waals surface area contributed by atoms with E-state index in [1.54, 1.807) is 0 Å². The fourth-order valence-electron chi connectivity index (χ4n) is 1.26. The average molecular weight is 289 g/mol. The second-order valence-corrected chi connectivity index (χ2v) is 4.36. The van der Waals surface area contributed by atoms with Gasteiger partial charge in [-0.3, -0.25) is 4.79 Å². The average Bonchev–Trinajstić information content (AvgIpc) is 2.27. The van der Waals surface area contributed by atoms with Crippen LogP contribution in [0, 0.1) is 5.82 Å². The molecule has 0 saturated heterocycles. The van der Waals surface area contributed by atoms with Gasteiger partial charge in [-0.2, -0.15) is 0 Å². The molecule has 1 aromatic rings. The Kier molecular flexibility index (Phi) is 5.38. The summed E-state index contributed by atoms with van der Waals surface area (Å²) in [5.74, 6) is -0.703. The molecular formula is C11H14BrFN2O. The van der Waals surface area contributed by atoms with E-state index in [2.05, 4.69) is 26.2 Å². The number of halogens is 2. The number of pyridine rings is 1. The summed E-state index contributed by atoms with van der Waals surface area (Å²) in [4.78, 5) is 15.3. The second kappa shape index (κ2) is 6.58. The van der Waals surface area contributed by atoms with E-state index in [0.29, 0.717) is 0 Å². The summed E-state index contributed by atoms with van der Waals surface area (Å²) < 4.78 is 12.6. The number of rotatable bonds is 5. The van der Waals surface area contributed by atoms with E-state index in [-0.39, 0.29) is 17.6 Å². The molecule has 0 aliphatic heterocycles. The van der Waals surface area contributed by atoms with Gasteiger partial charge in [-0.15, -0.1) is 0 Å². The molecule has 0 radical (unpaired) electrons. The minimum Gasteiger partial charge on any atom is -0.348 e. The number of nitrogens with zero attached hydrogens (tertiary/aromatic N) is 1. The molecule has 0 bridgehead atoms. The van der Waals surface area contributed by atoms with Crippen molar-refractivity contribution in [2.75, 3.05) is 5.33 Å². The van der Waals surface area contributed by atoms with Gasteiger partial charge in [0.25, 0.3) is 5.91 Å². The summed E-state index contributed by atoms with van der Waals surface area (Å²) in [7, 11) is 0. The minimum absolute atomic E-state index is 0.0944. The summed E-state index contributed by atoms with van der Waals surface area (Å²) >= 11 is 3.33.